The SMILES string of the molecule is CCC(C)C(=O)Nc1cccc(CNC(=O)C=Cc2ccc([N+](=O)[O-])cc2)c1. The highest BCUT2D eigenvalue weighted by Gasteiger charge is 2.10. The molecule has 2 N–H and O–H groups in total. The number of hydrogen-bond donors (Lipinski definition) is 2. The molecule has 1 atom stereocenters. The summed E-state index contributed by atoms with van der Waals surface area (Å²) >= 11 is 0. The second kappa shape index (κ2) is 10.0. The molecule has 0 bridgehead atoms. The molecule has 0 radical (unpaired) electrons. The van der Waals surface area contributed by atoms with Gasteiger partial charge in [-0.3, -0.25) is 19.7 Å². The minimum Gasteiger partial charge on any atom is -0.348 e. The minimum absolute atomic E-state index is 0.00176. The van der Waals surface area contributed by atoms with Gasteiger partial charge in [-0.25, -0.2) is 0 Å². The Labute approximate surface area is 163 Å². The van der Waals surface area contributed by atoms with Gasteiger partial charge >= 0.3 is 0 Å². The van der Waals surface area contributed by atoms with E-state index in [0.717, 1.165) is 12.0 Å². The van der Waals surface area contributed by atoms with E-state index in [-0.39, 0.29) is 23.4 Å². The Hall–Kier alpha value is -3.48. The number of non-ortho nitro benzene ring substituents is 1. The lowest BCUT2D eigenvalue weighted by Gasteiger charge is -2.11. The summed E-state index contributed by atoms with van der Waals surface area (Å²) in [7, 11) is 0. The minimum atomic E-state index is -0.473. The second-order valence-electron chi connectivity index (χ2n) is 6.40. The maximum atomic E-state index is 12.0. The number of nitro benzene ring substituents is 1. The first-order valence-corrected chi connectivity index (χ1v) is 8.99. The molecule has 2 aromatic carbocycles. The predicted molar refractivity (Wildman–Crippen MR) is 109 cm³/mol. The summed E-state index contributed by atoms with van der Waals surface area (Å²) < 4.78 is 0. The molecule has 0 aliphatic rings. The molecule has 0 saturated carbocycles. The third-order valence-corrected chi connectivity index (χ3v) is 4.25. The quantitative estimate of drug-likeness (QED) is 0.411. The highest BCUT2D eigenvalue weighted by molar-refractivity contribution is 5.93. The van der Waals surface area contributed by atoms with Gasteiger partial charge < -0.3 is 10.6 Å². The van der Waals surface area contributed by atoms with Gasteiger partial charge in [-0.1, -0.05) is 26.0 Å². The van der Waals surface area contributed by atoms with Crippen LogP contribution in [-0.2, 0) is 16.1 Å². The van der Waals surface area contributed by atoms with E-state index in [1.54, 1.807) is 24.3 Å². The lowest BCUT2D eigenvalue weighted by Crippen LogP contribution is -2.21. The van der Waals surface area contributed by atoms with Crippen LogP contribution in [-0.4, -0.2) is 16.7 Å². The number of nitrogens with zero attached hydrogens (tertiary/aromatic N) is 1. The summed E-state index contributed by atoms with van der Waals surface area (Å²) in [5.74, 6) is -0.380. The lowest BCUT2D eigenvalue weighted by molar-refractivity contribution is -0.384. The number of benzene rings is 2. The third-order valence-electron chi connectivity index (χ3n) is 4.25. The fourth-order valence-corrected chi connectivity index (χ4v) is 2.34. The molecule has 7 nitrogen and oxygen atoms in total. The Bertz CT molecular complexity index is 875. The molecule has 2 amide bonds. The number of nitrogens with one attached hydrogen (secondary N) is 2. The van der Waals surface area contributed by atoms with Crippen molar-refractivity contribution in [2.45, 2.75) is 26.8 Å². The number of anilines is 1. The van der Waals surface area contributed by atoms with Crippen LogP contribution in [0.15, 0.2) is 54.6 Å². The van der Waals surface area contributed by atoms with Crippen LogP contribution in [0, 0.1) is 16.0 Å². The molecular formula is C21H23N3O4. The van der Waals surface area contributed by atoms with Crippen molar-refractivity contribution in [1.82, 2.24) is 5.32 Å². The highest BCUT2D eigenvalue weighted by Crippen LogP contribution is 2.14. The number of carbonyl (C=O) groups excluding carboxylic acids is 2. The molecule has 0 aliphatic heterocycles. The van der Waals surface area contributed by atoms with Crippen molar-refractivity contribution in [1.29, 1.82) is 0 Å². The highest BCUT2D eigenvalue weighted by atomic mass is 16.6. The molecule has 0 aromatic heterocycles. The van der Waals surface area contributed by atoms with Gasteiger partial charge in [0.05, 0.1) is 4.92 Å². The smallest absolute Gasteiger partial charge is 0.269 e. The summed E-state index contributed by atoms with van der Waals surface area (Å²) in [6, 6.07) is 13.2. The van der Waals surface area contributed by atoms with E-state index >= 15 is 0 Å². The number of rotatable bonds is 8. The first-order valence-electron chi connectivity index (χ1n) is 8.99. The lowest BCUT2D eigenvalue weighted by atomic mass is 10.1. The van der Waals surface area contributed by atoms with E-state index in [2.05, 4.69) is 10.6 Å². The van der Waals surface area contributed by atoms with E-state index in [0.29, 0.717) is 17.8 Å². The van der Waals surface area contributed by atoms with Crippen LogP contribution in [0.4, 0.5) is 11.4 Å². The maximum Gasteiger partial charge on any atom is 0.269 e. The van der Waals surface area contributed by atoms with Crippen molar-refractivity contribution in [3.05, 3.63) is 75.8 Å². The van der Waals surface area contributed by atoms with Crippen LogP contribution >= 0.6 is 0 Å². The van der Waals surface area contributed by atoms with Crippen molar-refractivity contribution in [2.75, 3.05) is 5.32 Å². The molecule has 2 rings (SSSR count). The zero-order chi connectivity index (χ0) is 20.5. The molecule has 146 valence electrons. The van der Waals surface area contributed by atoms with Crippen LogP contribution in [0.5, 0.6) is 0 Å². The van der Waals surface area contributed by atoms with Gasteiger partial charge in [0.15, 0.2) is 0 Å². The zero-order valence-electron chi connectivity index (χ0n) is 15.8. The van der Waals surface area contributed by atoms with E-state index < -0.39 is 4.92 Å². The molecule has 0 saturated heterocycles. The Kier molecular flexibility index (Phi) is 7.45. The van der Waals surface area contributed by atoms with Crippen LogP contribution < -0.4 is 10.6 Å². The van der Waals surface area contributed by atoms with E-state index in [4.69, 9.17) is 0 Å². The third kappa shape index (κ3) is 6.35. The fourth-order valence-electron chi connectivity index (χ4n) is 2.34. The zero-order valence-corrected chi connectivity index (χ0v) is 15.8. The average molecular weight is 381 g/mol. The summed E-state index contributed by atoms with van der Waals surface area (Å²) in [6.07, 6.45) is 3.72. The van der Waals surface area contributed by atoms with Crippen molar-refractivity contribution < 1.29 is 14.5 Å². The van der Waals surface area contributed by atoms with Gasteiger partial charge in [-0.05, 0) is 47.9 Å². The number of carbonyl (C=O) groups is 2. The first kappa shape index (κ1) is 20.8. The fraction of sp³-hybridized carbons (Fsp3) is 0.238. The van der Waals surface area contributed by atoms with Gasteiger partial charge in [0, 0.05) is 36.4 Å². The van der Waals surface area contributed by atoms with Crippen molar-refractivity contribution >= 4 is 29.3 Å². The maximum absolute atomic E-state index is 12.0. The molecule has 0 heterocycles. The second-order valence-corrected chi connectivity index (χ2v) is 6.40. The molecule has 1 unspecified atom stereocenters. The van der Waals surface area contributed by atoms with E-state index in [1.165, 1.54) is 18.2 Å². The van der Waals surface area contributed by atoms with Crippen molar-refractivity contribution in [3.63, 3.8) is 0 Å². The van der Waals surface area contributed by atoms with Gasteiger partial charge in [0.1, 0.15) is 0 Å². The topological polar surface area (TPSA) is 101 Å². The predicted octanol–water partition coefficient (Wildman–Crippen LogP) is 3.91. The molecule has 0 spiro atoms. The van der Waals surface area contributed by atoms with Gasteiger partial charge in [0.2, 0.25) is 11.8 Å². The molecule has 0 fully saturated rings. The largest absolute Gasteiger partial charge is 0.348 e. The van der Waals surface area contributed by atoms with Crippen LogP contribution in [0.3, 0.4) is 0 Å². The Balaban J connectivity index is 1.89. The summed E-state index contributed by atoms with van der Waals surface area (Å²) in [5.41, 5.74) is 2.25. The number of hydrogen-bond acceptors (Lipinski definition) is 4. The molecule has 0 aliphatic carbocycles. The van der Waals surface area contributed by atoms with E-state index in [1.807, 2.05) is 32.0 Å². The van der Waals surface area contributed by atoms with Crippen molar-refractivity contribution in [3.8, 4) is 0 Å². The van der Waals surface area contributed by atoms with E-state index in [9.17, 15) is 19.7 Å². The normalized spacial score (nSPS) is 11.8. The standard InChI is InChI=1S/C21H23N3O4/c1-3-15(2)21(26)23-18-6-4-5-17(13-18)14-22-20(25)12-9-16-7-10-19(11-8-16)24(27)28/h4-13,15H,3,14H2,1-2H3,(H,22,25)(H,23,26). The van der Waals surface area contributed by atoms with Crippen LogP contribution in [0.25, 0.3) is 6.08 Å². The van der Waals surface area contributed by atoms with Crippen molar-refractivity contribution in [2.24, 2.45) is 5.92 Å². The number of amides is 2. The first-order chi connectivity index (χ1) is 13.4. The molecular weight excluding hydrogens is 358 g/mol. The van der Waals surface area contributed by atoms with Gasteiger partial charge in [-0.15, -0.1) is 0 Å². The molecule has 28 heavy (non-hydrogen) atoms. The summed E-state index contributed by atoms with van der Waals surface area (Å²) in [4.78, 5) is 34.1. The monoisotopic (exact) mass is 381 g/mol. The van der Waals surface area contributed by atoms with Crippen LogP contribution in [0.2, 0.25) is 0 Å². The van der Waals surface area contributed by atoms with Gasteiger partial charge in [-0.2, -0.15) is 0 Å². The van der Waals surface area contributed by atoms with Crippen LogP contribution in [0.1, 0.15) is 31.4 Å². The number of nitro groups is 1. The Morgan fingerprint density at radius 1 is 1.18 bits per heavy atom. The Morgan fingerprint density at radius 2 is 1.89 bits per heavy atom. The molecule has 2 aromatic rings. The summed E-state index contributed by atoms with van der Waals surface area (Å²) in [5, 5.41) is 16.3. The average Bonchev–Trinajstić information content (AvgIpc) is 2.70. The Morgan fingerprint density at radius 3 is 2.54 bits per heavy atom. The van der Waals surface area contributed by atoms with Gasteiger partial charge in [0.25, 0.3) is 5.69 Å². The molecule has 7 heteroatoms. The summed E-state index contributed by atoms with van der Waals surface area (Å²) in [6.45, 7) is 4.15.